The molecule has 0 atom stereocenters. The zero-order valence-corrected chi connectivity index (χ0v) is 19.0. The van der Waals surface area contributed by atoms with Gasteiger partial charge in [-0.3, -0.25) is 4.79 Å². The number of hydrogen-bond acceptors (Lipinski definition) is 4. The number of ether oxygens (including phenoxy) is 2. The van der Waals surface area contributed by atoms with Crippen LogP contribution in [0.4, 0.5) is 0 Å². The lowest BCUT2D eigenvalue weighted by Gasteiger charge is -2.13. The van der Waals surface area contributed by atoms with Gasteiger partial charge in [0.2, 0.25) is 5.78 Å². The molecule has 0 N–H and O–H groups in total. The van der Waals surface area contributed by atoms with Crippen molar-refractivity contribution in [3.63, 3.8) is 0 Å². The first-order valence-electron chi connectivity index (χ1n) is 10.8. The predicted molar refractivity (Wildman–Crippen MR) is 132 cm³/mol. The molecular weight excluding hydrogens is 410 g/mol. The maximum atomic E-state index is 13.3. The standard InChI is InChI=1S/C29H25NO3/c1-5-16-33-25-15-12-23-17-27(29(31)22-10-13-24(32-4)14-11-22)30-28(26(23)18-25)21-8-6-20(7-9-21)19(2)3/h1,6-15,17-19H,16H2,2-4H3. The van der Waals surface area contributed by atoms with E-state index in [1.54, 1.807) is 31.4 Å². The molecule has 0 aliphatic carbocycles. The molecule has 164 valence electrons. The number of carbonyl (C=O) groups excluding carboxylic acids is 1. The van der Waals surface area contributed by atoms with Crippen molar-refractivity contribution in [2.45, 2.75) is 19.8 Å². The fourth-order valence-electron chi connectivity index (χ4n) is 3.69. The Balaban J connectivity index is 1.85. The zero-order chi connectivity index (χ0) is 23.4. The number of carbonyl (C=O) groups is 1. The molecule has 0 saturated carbocycles. The molecular formula is C29H25NO3. The molecule has 3 aromatic carbocycles. The normalized spacial score (nSPS) is 10.8. The van der Waals surface area contributed by atoms with Crippen molar-refractivity contribution in [1.82, 2.24) is 4.98 Å². The minimum atomic E-state index is -0.146. The van der Waals surface area contributed by atoms with Crippen LogP contribution in [0.3, 0.4) is 0 Å². The number of terminal acetylenes is 1. The topological polar surface area (TPSA) is 48.4 Å². The van der Waals surface area contributed by atoms with Crippen LogP contribution < -0.4 is 9.47 Å². The van der Waals surface area contributed by atoms with Crippen molar-refractivity contribution in [3.8, 4) is 35.1 Å². The van der Waals surface area contributed by atoms with Crippen LogP contribution in [0.15, 0.2) is 72.8 Å². The molecule has 0 saturated heterocycles. The first kappa shape index (κ1) is 22.1. The molecule has 0 spiro atoms. The second kappa shape index (κ2) is 9.58. The Morgan fingerprint density at radius 1 is 0.970 bits per heavy atom. The number of benzene rings is 3. The van der Waals surface area contributed by atoms with E-state index < -0.39 is 0 Å². The first-order valence-corrected chi connectivity index (χ1v) is 10.8. The highest BCUT2D eigenvalue weighted by Crippen LogP contribution is 2.32. The fraction of sp³-hybridized carbons (Fsp3) is 0.172. The quantitative estimate of drug-likeness (QED) is 0.253. The largest absolute Gasteiger partial charge is 0.497 e. The van der Waals surface area contributed by atoms with Crippen molar-refractivity contribution in [1.29, 1.82) is 0 Å². The highest BCUT2D eigenvalue weighted by molar-refractivity contribution is 6.10. The predicted octanol–water partition coefficient (Wildman–Crippen LogP) is 6.28. The van der Waals surface area contributed by atoms with Gasteiger partial charge in [-0.2, -0.15) is 0 Å². The van der Waals surface area contributed by atoms with E-state index in [2.05, 4.69) is 31.9 Å². The molecule has 4 rings (SSSR count). The second-order valence-corrected chi connectivity index (χ2v) is 8.07. The van der Waals surface area contributed by atoms with Crippen molar-refractivity contribution >= 4 is 16.6 Å². The van der Waals surface area contributed by atoms with Gasteiger partial charge in [0.25, 0.3) is 0 Å². The molecule has 0 bridgehead atoms. The highest BCUT2D eigenvalue weighted by Gasteiger charge is 2.16. The van der Waals surface area contributed by atoms with Crippen LogP contribution in [0.2, 0.25) is 0 Å². The number of fused-ring (bicyclic) bond motifs is 1. The molecule has 1 heterocycles. The van der Waals surface area contributed by atoms with Crippen LogP contribution in [0.25, 0.3) is 22.0 Å². The molecule has 0 fully saturated rings. The maximum Gasteiger partial charge on any atom is 0.211 e. The van der Waals surface area contributed by atoms with E-state index in [1.807, 2.05) is 36.4 Å². The van der Waals surface area contributed by atoms with Crippen LogP contribution >= 0.6 is 0 Å². The Morgan fingerprint density at radius 3 is 2.30 bits per heavy atom. The molecule has 33 heavy (non-hydrogen) atoms. The zero-order valence-electron chi connectivity index (χ0n) is 19.0. The van der Waals surface area contributed by atoms with Crippen LogP contribution in [-0.2, 0) is 0 Å². The van der Waals surface area contributed by atoms with Gasteiger partial charge in [0.1, 0.15) is 23.8 Å². The third-order valence-corrected chi connectivity index (χ3v) is 5.56. The molecule has 0 radical (unpaired) electrons. The summed E-state index contributed by atoms with van der Waals surface area (Å²) in [5.74, 6) is 4.13. The molecule has 4 heteroatoms. The first-order chi connectivity index (χ1) is 16.0. The van der Waals surface area contributed by atoms with E-state index in [0.29, 0.717) is 28.7 Å². The number of methoxy groups -OCH3 is 1. The minimum Gasteiger partial charge on any atom is -0.497 e. The van der Waals surface area contributed by atoms with Gasteiger partial charge in [-0.15, -0.1) is 6.42 Å². The van der Waals surface area contributed by atoms with E-state index in [1.165, 1.54) is 5.56 Å². The minimum absolute atomic E-state index is 0.146. The van der Waals surface area contributed by atoms with Crippen molar-refractivity contribution in [2.24, 2.45) is 0 Å². The SMILES string of the molecule is C#CCOc1ccc2cc(C(=O)c3ccc(OC)cc3)nc(-c3ccc(C(C)C)cc3)c2c1. The lowest BCUT2D eigenvalue weighted by atomic mass is 9.97. The Hall–Kier alpha value is -4.10. The van der Waals surface area contributed by atoms with Crippen LogP contribution in [0.5, 0.6) is 11.5 Å². The lowest BCUT2D eigenvalue weighted by Crippen LogP contribution is -2.06. The third kappa shape index (κ3) is 4.73. The Morgan fingerprint density at radius 2 is 1.67 bits per heavy atom. The molecule has 0 amide bonds. The van der Waals surface area contributed by atoms with E-state index in [-0.39, 0.29) is 12.4 Å². The fourth-order valence-corrected chi connectivity index (χ4v) is 3.69. The molecule has 4 aromatic rings. The van der Waals surface area contributed by atoms with Gasteiger partial charge in [0.15, 0.2) is 0 Å². The number of rotatable bonds is 7. The van der Waals surface area contributed by atoms with Crippen LogP contribution in [0.1, 0.15) is 41.4 Å². The van der Waals surface area contributed by atoms with Crippen molar-refractivity contribution in [2.75, 3.05) is 13.7 Å². The van der Waals surface area contributed by atoms with E-state index in [4.69, 9.17) is 20.9 Å². The van der Waals surface area contributed by atoms with Gasteiger partial charge < -0.3 is 9.47 Å². The number of aromatic nitrogens is 1. The van der Waals surface area contributed by atoms with E-state index in [0.717, 1.165) is 22.0 Å². The number of hydrogen-bond donors (Lipinski definition) is 0. The molecule has 4 nitrogen and oxygen atoms in total. The van der Waals surface area contributed by atoms with Gasteiger partial charge in [0.05, 0.1) is 12.8 Å². The average Bonchev–Trinajstić information content (AvgIpc) is 2.86. The highest BCUT2D eigenvalue weighted by atomic mass is 16.5. The summed E-state index contributed by atoms with van der Waals surface area (Å²) < 4.78 is 10.8. The van der Waals surface area contributed by atoms with Crippen LogP contribution in [0, 0.1) is 12.3 Å². The van der Waals surface area contributed by atoms with Crippen molar-refractivity contribution < 1.29 is 14.3 Å². The summed E-state index contributed by atoms with van der Waals surface area (Å²) in [5, 5.41) is 1.80. The van der Waals surface area contributed by atoms with Gasteiger partial charge in [0, 0.05) is 16.5 Å². The number of ketones is 1. The van der Waals surface area contributed by atoms with Crippen LogP contribution in [-0.4, -0.2) is 24.5 Å². The van der Waals surface area contributed by atoms with E-state index >= 15 is 0 Å². The monoisotopic (exact) mass is 435 g/mol. The summed E-state index contributed by atoms with van der Waals surface area (Å²) in [6.45, 7) is 4.50. The smallest absolute Gasteiger partial charge is 0.211 e. The van der Waals surface area contributed by atoms with Crippen molar-refractivity contribution in [3.05, 3.63) is 89.6 Å². The van der Waals surface area contributed by atoms with Gasteiger partial charge in [-0.25, -0.2) is 4.98 Å². The molecule has 1 aromatic heterocycles. The van der Waals surface area contributed by atoms with Gasteiger partial charge in [-0.1, -0.05) is 50.1 Å². The number of pyridine rings is 1. The van der Waals surface area contributed by atoms with Gasteiger partial charge in [-0.05, 0) is 59.3 Å². The molecule has 0 aliphatic heterocycles. The second-order valence-electron chi connectivity index (χ2n) is 8.07. The summed E-state index contributed by atoms with van der Waals surface area (Å²) in [6.07, 6.45) is 5.34. The average molecular weight is 436 g/mol. The summed E-state index contributed by atoms with van der Waals surface area (Å²) in [5.41, 5.74) is 3.84. The summed E-state index contributed by atoms with van der Waals surface area (Å²) in [6, 6.07) is 22.9. The Kier molecular flexibility index (Phi) is 6.42. The molecule has 0 aliphatic rings. The third-order valence-electron chi connectivity index (χ3n) is 5.56. The number of nitrogens with zero attached hydrogens (tertiary/aromatic N) is 1. The summed E-state index contributed by atoms with van der Waals surface area (Å²) in [7, 11) is 1.60. The summed E-state index contributed by atoms with van der Waals surface area (Å²) >= 11 is 0. The Labute approximate surface area is 194 Å². The van der Waals surface area contributed by atoms with E-state index in [9.17, 15) is 4.79 Å². The summed E-state index contributed by atoms with van der Waals surface area (Å²) in [4.78, 5) is 18.1. The lowest BCUT2D eigenvalue weighted by molar-refractivity contribution is 0.103. The Bertz CT molecular complexity index is 1330. The van der Waals surface area contributed by atoms with Gasteiger partial charge >= 0.3 is 0 Å². The molecule has 0 unspecified atom stereocenters. The maximum absolute atomic E-state index is 13.3.